The third-order valence-corrected chi connectivity index (χ3v) is 2.13. The number of hydrogen-bond donors (Lipinski definition) is 1. The van der Waals surface area contributed by atoms with Gasteiger partial charge in [-0.25, -0.2) is 0 Å². The van der Waals surface area contributed by atoms with E-state index in [1.807, 2.05) is 0 Å². The monoisotopic (exact) mass is 221 g/mol. The van der Waals surface area contributed by atoms with Crippen LogP contribution in [0.1, 0.15) is 5.76 Å². The zero-order chi connectivity index (χ0) is 11.7. The Balaban J connectivity index is 2.59. The normalized spacial score (nSPS) is 10.5. The number of carboxylic acids is 1. The zero-order valence-electron chi connectivity index (χ0n) is 8.04. The van der Waals surface area contributed by atoms with E-state index >= 15 is 0 Å². The zero-order valence-corrected chi connectivity index (χ0v) is 8.04. The molecule has 0 saturated carbocycles. The molecule has 1 aliphatic carbocycles. The third kappa shape index (κ3) is 1.72. The van der Waals surface area contributed by atoms with Crippen molar-refractivity contribution in [3.8, 4) is 11.3 Å². The lowest BCUT2D eigenvalue weighted by Crippen LogP contribution is -2.04. The molecule has 0 unspecified atom stereocenters. The van der Waals surface area contributed by atoms with Gasteiger partial charge in [-0.05, 0) is 6.07 Å². The molecule has 0 aromatic heterocycles. The summed E-state index contributed by atoms with van der Waals surface area (Å²) < 4.78 is 5.18. The summed E-state index contributed by atoms with van der Waals surface area (Å²) in [5.41, 5.74) is 0.280. The first-order valence-corrected chi connectivity index (χ1v) is 4.45. The molecule has 1 aliphatic heterocycles. The van der Waals surface area contributed by atoms with E-state index in [0.29, 0.717) is 11.3 Å². The van der Waals surface area contributed by atoms with Gasteiger partial charge in [-0.1, -0.05) is 12.1 Å². The Kier molecular flexibility index (Phi) is 2.32. The molecule has 0 fully saturated rings. The predicted octanol–water partition coefficient (Wildman–Crippen LogP) is 1.92. The van der Waals surface area contributed by atoms with E-state index in [0.717, 1.165) is 0 Å². The van der Waals surface area contributed by atoms with Gasteiger partial charge in [0.05, 0.1) is 4.92 Å². The van der Waals surface area contributed by atoms with Gasteiger partial charge in [0.2, 0.25) is 0 Å². The van der Waals surface area contributed by atoms with Crippen LogP contribution >= 0.6 is 0 Å². The highest BCUT2D eigenvalue weighted by molar-refractivity contribution is 5.72. The summed E-state index contributed by atoms with van der Waals surface area (Å²) in [6.45, 7) is 0. The van der Waals surface area contributed by atoms with Crippen LogP contribution in [0.15, 0.2) is 28.7 Å². The molecule has 0 radical (unpaired) electrons. The van der Waals surface area contributed by atoms with Crippen LogP contribution in [0.25, 0.3) is 11.3 Å². The number of nitrogens with zero attached hydrogens (tertiary/aromatic N) is 1. The number of rotatable bonds is 3. The smallest absolute Gasteiger partial charge is 0.311 e. The van der Waals surface area contributed by atoms with E-state index < -0.39 is 17.3 Å². The van der Waals surface area contributed by atoms with Gasteiger partial charge in [-0.15, -0.1) is 0 Å². The quantitative estimate of drug-likeness (QED) is 0.631. The average Bonchev–Trinajstić information content (AvgIpc) is 2.62. The molecule has 1 heterocycles. The Morgan fingerprint density at radius 2 is 2.25 bits per heavy atom. The molecule has 0 aromatic carbocycles. The number of hydrogen-bond acceptors (Lipinski definition) is 4. The predicted molar refractivity (Wildman–Crippen MR) is 53.3 cm³/mol. The van der Waals surface area contributed by atoms with Gasteiger partial charge >= 0.3 is 11.7 Å². The number of nitro groups is 1. The maximum Gasteiger partial charge on any atom is 0.311 e. The summed E-state index contributed by atoms with van der Waals surface area (Å²) in [4.78, 5) is 20.6. The first-order chi connectivity index (χ1) is 7.58. The van der Waals surface area contributed by atoms with Gasteiger partial charge in [-0.3, -0.25) is 14.9 Å². The molecule has 2 rings (SSSR count). The van der Waals surface area contributed by atoms with E-state index in [9.17, 15) is 14.9 Å². The fraction of sp³-hybridized carbons (Fsp3) is 0.100. The minimum atomic E-state index is -1.17. The lowest BCUT2D eigenvalue weighted by atomic mass is 10.2. The van der Waals surface area contributed by atoms with Crippen LogP contribution in [-0.2, 0) is 11.2 Å². The SMILES string of the molecule is O=C(O)Cc1oc2cccc-2cc1[N+](=O)[O-]. The van der Waals surface area contributed by atoms with Crippen molar-refractivity contribution >= 4 is 11.7 Å². The van der Waals surface area contributed by atoms with Crippen LogP contribution in [0.4, 0.5) is 5.69 Å². The highest BCUT2D eigenvalue weighted by Crippen LogP contribution is 2.31. The van der Waals surface area contributed by atoms with Gasteiger partial charge < -0.3 is 9.52 Å². The largest absolute Gasteiger partial charge is 0.481 e. The molecule has 6 nitrogen and oxygen atoms in total. The van der Waals surface area contributed by atoms with Crippen molar-refractivity contribution in [3.63, 3.8) is 0 Å². The van der Waals surface area contributed by atoms with Gasteiger partial charge in [0, 0.05) is 11.6 Å². The Bertz CT molecular complexity index is 530. The third-order valence-electron chi connectivity index (χ3n) is 2.13. The second-order valence-corrected chi connectivity index (χ2v) is 3.23. The van der Waals surface area contributed by atoms with Crippen molar-refractivity contribution in [3.05, 3.63) is 40.1 Å². The lowest BCUT2D eigenvalue weighted by molar-refractivity contribution is -0.386. The van der Waals surface area contributed by atoms with E-state index in [2.05, 4.69) is 0 Å². The molecular formula is C10H7NO5. The van der Waals surface area contributed by atoms with Gasteiger partial charge in [0.1, 0.15) is 12.2 Å². The number of fused-ring (bicyclic) bond motifs is 1. The summed E-state index contributed by atoms with van der Waals surface area (Å²) in [5, 5.41) is 19.3. The van der Waals surface area contributed by atoms with Crippen LogP contribution in [0, 0.1) is 10.1 Å². The number of aliphatic carboxylic acids is 1. The molecule has 2 aliphatic rings. The molecular weight excluding hydrogens is 214 g/mol. The Morgan fingerprint density at radius 3 is 2.88 bits per heavy atom. The standard InChI is InChI=1S/C10H7NO5/c12-10(13)5-9-7(11(14)15)4-6-2-1-3-8(6)16-9/h1-4H,5H2,(H,12,13). The molecule has 0 amide bonds. The fourth-order valence-corrected chi connectivity index (χ4v) is 1.46. The molecule has 1 N–H and O–H groups in total. The summed E-state index contributed by atoms with van der Waals surface area (Å²) in [6.07, 6.45) is -0.503. The summed E-state index contributed by atoms with van der Waals surface area (Å²) >= 11 is 0. The topological polar surface area (TPSA) is 93.6 Å². The van der Waals surface area contributed by atoms with Crippen LogP contribution in [0.2, 0.25) is 0 Å². The maximum absolute atomic E-state index is 10.7. The average molecular weight is 221 g/mol. The molecule has 6 heteroatoms. The van der Waals surface area contributed by atoms with Gasteiger partial charge in [0.15, 0.2) is 5.76 Å². The second kappa shape index (κ2) is 3.65. The van der Waals surface area contributed by atoms with Crippen LogP contribution in [0.5, 0.6) is 0 Å². The first-order valence-electron chi connectivity index (χ1n) is 4.45. The van der Waals surface area contributed by atoms with Crippen molar-refractivity contribution in [1.29, 1.82) is 0 Å². The van der Waals surface area contributed by atoms with Gasteiger partial charge in [-0.2, -0.15) is 0 Å². The summed E-state index contributed by atoms with van der Waals surface area (Å²) in [5.74, 6) is -0.865. The first kappa shape index (κ1) is 10.2. The minimum absolute atomic E-state index is 0.142. The molecule has 16 heavy (non-hydrogen) atoms. The molecule has 0 spiro atoms. The van der Waals surface area contributed by atoms with Crippen molar-refractivity contribution in [2.45, 2.75) is 6.42 Å². The number of carbonyl (C=O) groups is 1. The molecule has 0 bridgehead atoms. The number of carboxylic acid groups (broad SMARTS) is 1. The lowest BCUT2D eigenvalue weighted by Gasteiger charge is -2.03. The van der Waals surface area contributed by atoms with Crippen molar-refractivity contribution < 1.29 is 19.2 Å². The van der Waals surface area contributed by atoms with Crippen molar-refractivity contribution in [2.24, 2.45) is 0 Å². The van der Waals surface area contributed by atoms with Gasteiger partial charge in [0.25, 0.3) is 0 Å². The summed E-state index contributed by atoms with van der Waals surface area (Å²) in [6, 6.07) is 6.29. The molecule has 0 atom stereocenters. The van der Waals surface area contributed by atoms with Crippen molar-refractivity contribution in [1.82, 2.24) is 0 Å². The van der Waals surface area contributed by atoms with E-state index in [4.69, 9.17) is 9.52 Å². The Labute approximate surface area is 89.6 Å². The highest BCUT2D eigenvalue weighted by Gasteiger charge is 2.22. The minimum Gasteiger partial charge on any atom is -0.481 e. The van der Waals surface area contributed by atoms with E-state index in [1.165, 1.54) is 6.07 Å². The molecule has 0 aromatic rings. The van der Waals surface area contributed by atoms with Crippen LogP contribution in [0.3, 0.4) is 0 Å². The van der Waals surface area contributed by atoms with Crippen LogP contribution < -0.4 is 0 Å². The Hall–Kier alpha value is -2.37. The molecule has 0 saturated heterocycles. The highest BCUT2D eigenvalue weighted by atomic mass is 16.6. The fourth-order valence-electron chi connectivity index (χ4n) is 1.46. The second-order valence-electron chi connectivity index (χ2n) is 3.23. The van der Waals surface area contributed by atoms with Crippen LogP contribution in [-0.4, -0.2) is 16.0 Å². The van der Waals surface area contributed by atoms with E-state index in [-0.39, 0.29) is 11.4 Å². The molecule has 82 valence electrons. The van der Waals surface area contributed by atoms with Crippen molar-refractivity contribution in [2.75, 3.05) is 0 Å². The maximum atomic E-state index is 10.7. The summed E-state index contributed by atoms with van der Waals surface area (Å²) in [7, 11) is 0. The Morgan fingerprint density at radius 1 is 1.50 bits per heavy atom. The van der Waals surface area contributed by atoms with E-state index in [1.54, 1.807) is 18.2 Å².